The maximum Gasteiger partial charge on any atom is 0.191 e. The van der Waals surface area contributed by atoms with E-state index in [-0.39, 0.29) is 24.0 Å². The molecule has 0 aromatic heterocycles. The molecule has 0 aromatic carbocycles. The summed E-state index contributed by atoms with van der Waals surface area (Å²) < 4.78 is 11.2. The lowest BCUT2D eigenvalue weighted by atomic mass is 9.84. The summed E-state index contributed by atoms with van der Waals surface area (Å²) in [4.78, 5) is 4.65. The molecule has 1 saturated carbocycles. The fraction of sp³-hybridized carbons (Fsp3) is 0.944. The predicted octanol–water partition coefficient (Wildman–Crippen LogP) is 3.32. The molecular formula is C18H36IN3O2. The van der Waals surface area contributed by atoms with E-state index in [1.165, 1.54) is 38.5 Å². The van der Waals surface area contributed by atoms with Gasteiger partial charge in [0, 0.05) is 19.2 Å². The zero-order valence-electron chi connectivity index (χ0n) is 15.4. The number of aliphatic imine (C=N–C) groups is 1. The van der Waals surface area contributed by atoms with E-state index < -0.39 is 0 Å². The average Bonchev–Trinajstić information content (AvgIpc) is 3.08. The second-order valence-corrected chi connectivity index (χ2v) is 6.75. The Bertz CT molecular complexity index is 349. The van der Waals surface area contributed by atoms with Crippen molar-refractivity contribution in [3.63, 3.8) is 0 Å². The maximum absolute atomic E-state index is 5.68. The molecule has 1 aliphatic heterocycles. The van der Waals surface area contributed by atoms with Crippen LogP contribution in [-0.4, -0.2) is 51.0 Å². The minimum absolute atomic E-state index is 0. The van der Waals surface area contributed by atoms with E-state index in [4.69, 9.17) is 9.47 Å². The van der Waals surface area contributed by atoms with Crippen LogP contribution >= 0.6 is 24.0 Å². The molecule has 0 amide bonds. The molecule has 2 fully saturated rings. The van der Waals surface area contributed by atoms with E-state index in [1.807, 2.05) is 0 Å². The molecule has 142 valence electrons. The Morgan fingerprint density at radius 2 is 2.08 bits per heavy atom. The van der Waals surface area contributed by atoms with Gasteiger partial charge in [-0.25, -0.2) is 0 Å². The molecule has 0 spiro atoms. The van der Waals surface area contributed by atoms with Gasteiger partial charge in [-0.3, -0.25) is 4.99 Å². The van der Waals surface area contributed by atoms with Crippen molar-refractivity contribution in [3.8, 4) is 0 Å². The predicted molar refractivity (Wildman–Crippen MR) is 110 cm³/mol. The third-order valence-electron chi connectivity index (χ3n) is 4.88. The molecule has 2 N–H and O–H groups in total. The van der Waals surface area contributed by atoms with E-state index >= 15 is 0 Å². The van der Waals surface area contributed by atoms with Crippen molar-refractivity contribution in [1.82, 2.24) is 10.6 Å². The molecule has 6 heteroatoms. The van der Waals surface area contributed by atoms with Gasteiger partial charge in [-0.2, -0.15) is 0 Å². The van der Waals surface area contributed by atoms with Crippen molar-refractivity contribution in [3.05, 3.63) is 0 Å². The van der Waals surface area contributed by atoms with Crippen LogP contribution in [0.15, 0.2) is 4.99 Å². The fourth-order valence-corrected chi connectivity index (χ4v) is 3.52. The summed E-state index contributed by atoms with van der Waals surface area (Å²) in [6.07, 6.45) is 9.16. The quantitative estimate of drug-likeness (QED) is 0.256. The van der Waals surface area contributed by atoms with Crippen molar-refractivity contribution in [2.24, 2.45) is 10.9 Å². The van der Waals surface area contributed by atoms with Gasteiger partial charge in [0.15, 0.2) is 5.96 Å². The highest BCUT2D eigenvalue weighted by Crippen LogP contribution is 2.26. The first-order valence-corrected chi connectivity index (χ1v) is 9.56. The molecule has 24 heavy (non-hydrogen) atoms. The summed E-state index contributed by atoms with van der Waals surface area (Å²) in [5, 5.41) is 6.97. The monoisotopic (exact) mass is 453 g/mol. The lowest BCUT2D eigenvalue weighted by Crippen LogP contribution is -2.45. The van der Waals surface area contributed by atoms with Crippen LogP contribution < -0.4 is 10.6 Å². The highest BCUT2D eigenvalue weighted by Gasteiger charge is 2.21. The van der Waals surface area contributed by atoms with Crippen molar-refractivity contribution < 1.29 is 9.47 Å². The number of ether oxygens (including phenoxy) is 2. The van der Waals surface area contributed by atoms with Crippen molar-refractivity contribution >= 4 is 29.9 Å². The fourth-order valence-electron chi connectivity index (χ4n) is 3.52. The van der Waals surface area contributed by atoms with Gasteiger partial charge in [-0.05, 0) is 38.5 Å². The number of hydrogen-bond donors (Lipinski definition) is 2. The van der Waals surface area contributed by atoms with Crippen LogP contribution in [0.5, 0.6) is 0 Å². The second kappa shape index (κ2) is 13.2. The first kappa shape index (κ1) is 22.0. The molecule has 0 aromatic rings. The summed E-state index contributed by atoms with van der Waals surface area (Å²) in [7, 11) is 0. The topological polar surface area (TPSA) is 54.9 Å². The van der Waals surface area contributed by atoms with Crippen LogP contribution in [0.1, 0.15) is 58.8 Å². The second-order valence-electron chi connectivity index (χ2n) is 6.75. The van der Waals surface area contributed by atoms with Gasteiger partial charge in [0.05, 0.1) is 25.9 Å². The van der Waals surface area contributed by atoms with Crippen molar-refractivity contribution in [2.75, 3.05) is 32.9 Å². The zero-order valence-corrected chi connectivity index (χ0v) is 17.7. The molecule has 1 heterocycles. The Morgan fingerprint density at radius 3 is 2.79 bits per heavy atom. The number of hydrogen-bond acceptors (Lipinski definition) is 3. The van der Waals surface area contributed by atoms with Crippen LogP contribution in [0.2, 0.25) is 0 Å². The highest BCUT2D eigenvalue weighted by molar-refractivity contribution is 14.0. The van der Waals surface area contributed by atoms with Crippen LogP contribution in [0, 0.1) is 5.92 Å². The lowest BCUT2D eigenvalue weighted by molar-refractivity contribution is 0.0200. The molecule has 1 aliphatic carbocycles. The molecule has 0 radical (unpaired) electrons. The number of nitrogens with one attached hydrogen (secondary N) is 2. The van der Waals surface area contributed by atoms with Gasteiger partial charge in [-0.1, -0.05) is 26.2 Å². The van der Waals surface area contributed by atoms with Gasteiger partial charge in [0.1, 0.15) is 0 Å². The number of guanidine groups is 1. The number of rotatable bonds is 8. The minimum atomic E-state index is 0. The molecule has 2 aliphatic rings. The van der Waals surface area contributed by atoms with Gasteiger partial charge in [-0.15, -0.1) is 24.0 Å². The van der Waals surface area contributed by atoms with Gasteiger partial charge in [0.2, 0.25) is 0 Å². The van der Waals surface area contributed by atoms with Gasteiger partial charge >= 0.3 is 0 Å². The van der Waals surface area contributed by atoms with Crippen molar-refractivity contribution in [1.29, 1.82) is 0 Å². The van der Waals surface area contributed by atoms with Gasteiger partial charge in [0.25, 0.3) is 0 Å². The largest absolute Gasteiger partial charge is 0.377 e. The summed E-state index contributed by atoms with van der Waals surface area (Å²) >= 11 is 0. The highest BCUT2D eigenvalue weighted by atomic mass is 127. The van der Waals surface area contributed by atoms with Crippen molar-refractivity contribution in [2.45, 2.75) is 70.9 Å². The first-order chi connectivity index (χ1) is 11.3. The number of nitrogens with zero attached hydrogens (tertiary/aromatic N) is 1. The molecule has 0 bridgehead atoms. The van der Waals surface area contributed by atoms with E-state index in [9.17, 15) is 0 Å². The standard InChI is InChI=1S/C18H35N3O2.HI/c1-3-15-7-5-8-16(13-15)21-18(19-4-2)20-10-12-22-14-17-9-6-11-23-17;/h15-17H,3-14H2,1-2H3,(H2,19,20,21);1H. The molecule has 2 rings (SSSR count). The van der Waals surface area contributed by atoms with E-state index in [2.05, 4.69) is 29.5 Å². The Kier molecular flexibility index (Phi) is 12.0. The van der Waals surface area contributed by atoms with Crippen LogP contribution in [-0.2, 0) is 9.47 Å². The number of halogens is 1. The first-order valence-electron chi connectivity index (χ1n) is 9.56. The average molecular weight is 453 g/mol. The third kappa shape index (κ3) is 8.34. The molecule has 3 unspecified atom stereocenters. The van der Waals surface area contributed by atoms with Crippen LogP contribution in [0.25, 0.3) is 0 Å². The Labute approximate surface area is 164 Å². The third-order valence-corrected chi connectivity index (χ3v) is 4.88. The minimum Gasteiger partial charge on any atom is -0.377 e. The van der Waals surface area contributed by atoms with E-state index in [1.54, 1.807) is 0 Å². The Balaban J connectivity index is 0.00000288. The smallest absolute Gasteiger partial charge is 0.191 e. The summed E-state index contributed by atoms with van der Waals surface area (Å²) in [6.45, 7) is 8.27. The normalized spacial score (nSPS) is 27.6. The molecule has 3 atom stereocenters. The molecule has 5 nitrogen and oxygen atoms in total. The molecular weight excluding hydrogens is 417 g/mol. The summed E-state index contributed by atoms with van der Waals surface area (Å²) in [5.41, 5.74) is 0. The summed E-state index contributed by atoms with van der Waals surface area (Å²) in [6, 6.07) is 0.569. The SMILES string of the molecule is CCNC(=NCCOCC1CCCO1)NC1CCCC(CC)C1.I. The Morgan fingerprint density at radius 1 is 1.21 bits per heavy atom. The maximum atomic E-state index is 5.68. The Hall–Kier alpha value is -0.0800. The zero-order chi connectivity index (χ0) is 16.3. The van der Waals surface area contributed by atoms with E-state index in [0.29, 0.717) is 31.9 Å². The lowest BCUT2D eigenvalue weighted by Gasteiger charge is -2.30. The van der Waals surface area contributed by atoms with E-state index in [0.717, 1.165) is 31.4 Å². The van der Waals surface area contributed by atoms with Crippen LogP contribution in [0.4, 0.5) is 0 Å². The summed E-state index contributed by atoms with van der Waals surface area (Å²) in [5.74, 6) is 1.81. The van der Waals surface area contributed by atoms with Gasteiger partial charge < -0.3 is 20.1 Å². The van der Waals surface area contributed by atoms with Crippen LogP contribution in [0.3, 0.4) is 0 Å². The molecule has 1 saturated heterocycles.